The van der Waals surface area contributed by atoms with Gasteiger partial charge < -0.3 is 10.8 Å². The molecule has 0 atom stereocenters. The van der Waals surface area contributed by atoms with E-state index in [-0.39, 0.29) is 6.54 Å². The van der Waals surface area contributed by atoms with E-state index in [0.29, 0.717) is 6.54 Å². The Bertz CT molecular complexity index is 390. The Morgan fingerprint density at radius 2 is 2.27 bits per heavy atom. The molecule has 15 heavy (non-hydrogen) atoms. The van der Waals surface area contributed by atoms with Crippen molar-refractivity contribution in [2.45, 2.75) is 13.0 Å². The Balaban J connectivity index is 2.13. The molecule has 3 N–H and O–H groups in total. The number of carboxylic acid groups (broad SMARTS) is 1. The molecule has 0 saturated heterocycles. The lowest BCUT2D eigenvalue weighted by atomic mass is 9.99. The molecule has 0 unspecified atom stereocenters. The van der Waals surface area contributed by atoms with Crippen LogP contribution in [-0.2, 0) is 17.8 Å². The molecule has 0 bridgehead atoms. The third-order valence-electron chi connectivity index (χ3n) is 2.68. The van der Waals surface area contributed by atoms with Crippen molar-refractivity contribution in [3.05, 3.63) is 29.3 Å². The Labute approximate surface area is 88.3 Å². The number of nitrogen functional groups attached to an aromatic ring is 1. The van der Waals surface area contributed by atoms with Crippen LogP contribution in [0.2, 0.25) is 0 Å². The maximum absolute atomic E-state index is 10.6. The van der Waals surface area contributed by atoms with E-state index in [9.17, 15) is 4.79 Å². The molecule has 2 rings (SSSR count). The van der Waals surface area contributed by atoms with Gasteiger partial charge in [-0.2, -0.15) is 0 Å². The monoisotopic (exact) mass is 206 g/mol. The van der Waals surface area contributed by atoms with E-state index in [1.54, 1.807) is 0 Å². The first kappa shape index (κ1) is 9.98. The molecule has 1 aliphatic heterocycles. The minimum Gasteiger partial charge on any atom is -0.480 e. The van der Waals surface area contributed by atoms with Gasteiger partial charge in [0.2, 0.25) is 0 Å². The van der Waals surface area contributed by atoms with Gasteiger partial charge in [0.15, 0.2) is 0 Å². The molecule has 80 valence electrons. The first-order chi connectivity index (χ1) is 7.15. The van der Waals surface area contributed by atoms with Crippen LogP contribution in [0.1, 0.15) is 11.1 Å². The van der Waals surface area contributed by atoms with Crippen molar-refractivity contribution in [3.63, 3.8) is 0 Å². The number of carboxylic acids is 1. The summed E-state index contributed by atoms with van der Waals surface area (Å²) in [5.41, 5.74) is 8.91. The number of nitrogens with zero attached hydrogens (tertiary/aromatic N) is 1. The van der Waals surface area contributed by atoms with E-state index in [1.807, 2.05) is 23.1 Å². The number of benzene rings is 1. The van der Waals surface area contributed by atoms with Crippen molar-refractivity contribution in [3.8, 4) is 0 Å². The van der Waals surface area contributed by atoms with Crippen LogP contribution in [0.15, 0.2) is 18.2 Å². The van der Waals surface area contributed by atoms with Crippen molar-refractivity contribution < 1.29 is 9.90 Å². The van der Waals surface area contributed by atoms with Crippen LogP contribution >= 0.6 is 0 Å². The number of carbonyl (C=O) groups is 1. The largest absolute Gasteiger partial charge is 0.480 e. The average Bonchev–Trinajstić information content (AvgIpc) is 2.17. The first-order valence-corrected chi connectivity index (χ1v) is 4.96. The summed E-state index contributed by atoms with van der Waals surface area (Å²) in [4.78, 5) is 12.5. The number of nitrogens with two attached hydrogens (primary N) is 1. The van der Waals surface area contributed by atoms with Crippen molar-refractivity contribution in [1.29, 1.82) is 0 Å². The van der Waals surface area contributed by atoms with Gasteiger partial charge in [0.25, 0.3) is 0 Å². The van der Waals surface area contributed by atoms with Crippen molar-refractivity contribution in [2.24, 2.45) is 0 Å². The van der Waals surface area contributed by atoms with Crippen molar-refractivity contribution in [1.82, 2.24) is 4.90 Å². The van der Waals surface area contributed by atoms with Gasteiger partial charge in [0.05, 0.1) is 6.54 Å². The summed E-state index contributed by atoms with van der Waals surface area (Å²) in [6.45, 7) is 1.62. The zero-order valence-corrected chi connectivity index (χ0v) is 8.44. The lowest BCUT2D eigenvalue weighted by Gasteiger charge is -2.27. The van der Waals surface area contributed by atoms with Gasteiger partial charge in [-0.1, -0.05) is 6.07 Å². The molecule has 1 aliphatic rings. The number of hydrogen-bond donors (Lipinski definition) is 2. The lowest BCUT2D eigenvalue weighted by molar-refractivity contribution is -0.138. The zero-order chi connectivity index (χ0) is 10.8. The van der Waals surface area contributed by atoms with E-state index >= 15 is 0 Å². The summed E-state index contributed by atoms with van der Waals surface area (Å²) in [6.07, 6.45) is 0.883. The second-order valence-electron chi connectivity index (χ2n) is 3.88. The van der Waals surface area contributed by atoms with Gasteiger partial charge in [0.1, 0.15) is 0 Å². The van der Waals surface area contributed by atoms with E-state index in [4.69, 9.17) is 10.8 Å². The standard InChI is InChI=1S/C11H14N2O2/c12-10-2-1-9-6-13(7-11(14)15)4-3-8(9)5-10/h1-2,5H,3-4,6-7,12H2,(H,14,15). The predicted octanol–water partition coefficient (Wildman–Crippen LogP) is 0.711. The van der Waals surface area contributed by atoms with Crippen LogP contribution in [0.5, 0.6) is 0 Å². The summed E-state index contributed by atoms with van der Waals surface area (Å²) in [5, 5.41) is 8.70. The highest BCUT2D eigenvalue weighted by Gasteiger charge is 2.17. The summed E-state index contributed by atoms with van der Waals surface area (Å²) in [7, 11) is 0. The van der Waals surface area contributed by atoms with Crippen molar-refractivity contribution >= 4 is 11.7 Å². The number of rotatable bonds is 2. The molecule has 0 radical (unpaired) electrons. The van der Waals surface area contributed by atoms with E-state index < -0.39 is 5.97 Å². The molecule has 0 amide bonds. The van der Waals surface area contributed by atoms with Gasteiger partial charge in [-0.15, -0.1) is 0 Å². The maximum Gasteiger partial charge on any atom is 0.317 e. The highest BCUT2D eigenvalue weighted by Crippen LogP contribution is 2.20. The molecule has 0 spiro atoms. The number of hydrogen-bond acceptors (Lipinski definition) is 3. The second-order valence-corrected chi connectivity index (χ2v) is 3.88. The van der Waals surface area contributed by atoms with Crippen LogP contribution in [0.3, 0.4) is 0 Å². The predicted molar refractivity (Wildman–Crippen MR) is 57.5 cm³/mol. The van der Waals surface area contributed by atoms with E-state index in [0.717, 1.165) is 18.7 Å². The summed E-state index contributed by atoms with van der Waals surface area (Å²) >= 11 is 0. The van der Waals surface area contributed by atoms with Gasteiger partial charge >= 0.3 is 5.97 Å². The Morgan fingerprint density at radius 1 is 1.47 bits per heavy atom. The summed E-state index contributed by atoms with van der Waals surface area (Å²) < 4.78 is 0. The van der Waals surface area contributed by atoms with Crippen molar-refractivity contribution in [2.75, 3.05) is 18.8 Å². The Morgan fingerprint density at radius 3 is 3.00 bits per heavy atom. The maximum atomic E-state index is 10.6. The lowest BCUT2D eigenvalue weighted by Crippen LogP contribution is -2.34. The molecule has 0 fully saturated rings. The molecular weight excluding hydrogens is 192 g/mol. The fourth-order valence-electron chi connectivity index (χ4n) is 1.96. The SMILES string of the molecule is Nc1ccc2c(c1)CCN(CC(=O)O)C2. The highest BCUT2D eigenvalue weighted by molar-refractivity contribution is 5.69. The number of anilines is 1. The fourth-order valence-corrected chi connectivity index (χ4v) is 1.96. The smallest absolute Gasteiger partial charge is 0.317 e. The molecule has 0 aliphatic carbocycles. The minimum atomic E-state index is -0.770. The minimum absolute atomic E-state index is 0.115. The third kappa shape index (κ3) is 2.27. The highest BCUT2D eigenvalue weighted by atomic mass is 16.4. The van der Waals surface area contributed by atoms with Crippen LogP contribution < -0.4 is 5.73 Å². The van der Waals surface area contributed by atoms with Gasteiger partial charge in [-0.3, -0.25) is 9.69 Å². The molecule has 0 saturated carbocycles. The quantitative estimate of drug-likeness (QED) is 0.699. The van der Waals surface area contributed by atoms with Crippen LogP contribution in [0, 0.1) is 0 Å². The van der Waals surface area contributed by atoms with Crippen LogP contribution in [0.25, 0.3) is 0 Å². The molecule has 1 heterocycles. The van der Waals surface area contributed by atoms with Gasteiger partial charge in [-0.25, -0.2) is 0 Å². The molecule has 1 aromatic rings. The zero-order valence-electron chi connectivity index (χ0n) is 8.44. The van der Waals surface area contributed by atoms with Gasteiger partial charge in [0, 0.05) is 18.8 Å². The topological polar surface area (TPSA) is 66.6 Å². The van der Waals surface area contributed by atoms with Crippen LogP contribution in [-0.4, -0.2) is 29.1 Å². The fraction of sp³-hybridized carbons (Fsp3) is 0.364. The normalized spacial score (nSPS) is 16.0. The number of aliphatic carboxylic acids is 1. The van der Waals surface area contributed by atoms with E-state index in [1.165, 1.54) is 11.1 Å². The third-order valence-corrected chi connectivity index (χ3v) is 2.68. The molecule has 1 aromatic carbocycles. The van der Waals surface area contributed by atoms with E-state index in [2.05, 4.69) is 0 Å². The molecular formula is C11H14N2O2. The first-order valence-electron chi connectivity index (χ1n) is 4.96. The summed E-state index contributed by atoms with van der Waals surface area (Å²) in [6, 6.07) is 5.83. The van der Waals surface area contributed by atoms with Gasteiger partial charge in [-0.05, 0) is 29.7 Å². The molecule has 4 heteroatoms. The second kappa shape index (κ2) is 3.90. The molecule has 4 nitrogen and oxygen atoms in total. The molecule has 0 aromatic heterocycles. The number of fused-ring (bicyclic) bond motifs is 1. The average molecular weight is 206 g/mol. The Kier molecular flexibility index (Phi) is 2.60. The Hall–Kier alpha value is -1.55. The summed E-state index contributed by atoms with van der Waals surface area (Å²) in [5.74, 6) is -0.770. The van der Waals surface area contributed by atoms with Crippen LogP contribution in [0.4, 0.5) is 5.69 Å².